The number of nitrogens with two attached hydrogens (primary N) is 1. The summed E-state index contributed by atoms with van der Waals surface area (Å²) >= 11 is 0. The van der Waals surface area contributed by atoms with E-state index in [0.29, 0.717) is 0 Å². The largest absolute Gasteiger partial charge is 0.368 e. The normalized spacial score (nSPS) is 10.9. The van der Waals surface area contributed by atoms with Gasteiger partial charge in [-0.15, -0.1) is 0 Å². The maximum atomic E-state index is 11.6. The Labute approximate surface area is 94.8 Å². The van der Waals surface area contributed by atoms with Gasteiger partial charge in [0.15, 0.2) is 0 Å². The second-order valence-electron chi connectivity index (χ2n) is 4.03. The molecule has 0 heterocycles. The van der Waals surface area contributed by atoms with E-state index >= 15 is 0 Å². The smallest absolute Gasteiger partial charge is 0.242 e. The lowest BCUT2D eigenvalue weighted by Crippen LogP contribution is -2.53. The third-order valence-corrected chi connectivity index (χ3v) is 2.15. The van der Waals surface area contributed by atoms with Gasteiger partial charge in [-0.3, -0.25) is 9.59 Å². The van der Waals surface area contributed by atoms with E-state index in [1.54, 1.807) is 26.0 Å². The van der Waals surface area contributed by atoms with Gasteiger partial charge in [-0.05, 0) is 19.4 Å². The second-order valence-corrected chi connectivity index (χ2v) is 4.03. The van der Waals surface area contributed by atoms with Crippen molar-refractivity contribution in [1.82, 2.24) is 5.32 Å². The molecule has 1 radical (unpaired) electrons. The maximum Gasteiger partial charge on any atom is 0.242 e. The highest BCUT2D eigenvalue weighted by Gasteiger charge is 2.26. The molecule has 4 heteroatoms. The first-order valence-electron chi connectivity index (χ1n) is 4.93. The fourth-order valence-electron chi connectivity index (χ4n) is 1.11. The summed E-state index contributed by atoms with van der Waals surface area (Å²) < 4.78 is 0. The van der Waals surface area contributed by atoms with Crippen molar-refractivity contribution in [2.24, 2.45) is 5.73 Å². The molecule has 0 aliphatic rings. The maximum absolute atomic E-state index is 11.6. The summed E-state index contributed by atoms with van der Waals surface area (Å²) in [6.07, 6.45) is 1.42. The Bertz CT molecular complexity index is 385. The number of hydrogen-bond donors (Lipinski definition) is 2. The average Bonchev–Trinajstić information content (AvgIpc) is 2.17. The van der Waals surface area contributed by atoms with Gasteiger partial charge in [0.25, 0.3) is 0 Å². The van der Waals surface area contributed by atoms with Crippen LogP contribution in [-0.4, -0.2) is 17.4 Å². The van der Waals surface area contributed by atoms with Gasteiger partial charge in [0.1, 0.15) is 5.54 Å². The van der Waals surface area contributed by atoms with Crippen LogP contribution in [0.2, 0.25) is 0 Å². The van der Waals surface area contributed by atoms with E-state index in [1.807, 2.05) is 18.2 Å². The first kappa shape index (κ1) is 12.2. The van der Waals surface area contributed by atoms with Crippen LogP contribution in [0, 0.1) is 6.42 Å². The van der Waals surface area contributed by atoms with Gasteiger partial charge in [0.05, 0.1) is 6.42 Å². The number of rotatable bonds is 4. The fraction of sp³-hybridized carbons (Fsp3) is 0.250. The van der Waals surface area contributed by atoms with E-state index in [1.165, 1.54) is 6.42 Å². The van der Waals surface area contributed by atoms with Crippen LogP contribution in [0.1, 0.15) is 19.4 Å². The minimum Gasteiger partial charge on any atom is -0.368 e. The number of carbonyl (C=O) groups excluding carboxylic acids is 2. The van der Waals surface area contributed by atoms with Gasteiger partial charge >= 0.3 is 0 Å². The Morgan fingerprint density at radius 2 is 1.81 bits per heavy atom. The molecular weight excluding hydrogens is 204 g/mol. The molecule has 4 nitrogen and oxygen atoms in total. The molecule has 0 bridgehead atoms. The summed E-state index contributed by atoms with van der Waals surface area (Å²) in [5.74, 6) is -0.905. The molecule has 3 N–H and O–H groups in total. The van der Waals surface area contributed by atoms with Crippen molar-refractivity contribution < 1.29 is 9.59 Å². The number of amides is 2. The topological polar surface area (TPSA) is 72.2 Å². The van der Waals surface area contributed by atoms with Crippen LogP contribution in [0.25, 0.3) is 0 Å². The van der Waals surface area contributed by atoms with Crippen molar-refractivity contribution in [1.29, 1.82) is 0 Å². The molecule has 0 saturated heterocycles. The van der Waals surface area contributed by atoms with Crippen LogP contribution in [0.3, 0.4) is 0 Å². The van der Waals surface area contributed by atoms with Crippen molar-refractivity contribution in [3.05, 3.63) is 42.3 Å². The summed E-state index contributed by atoms with van der Waals surface area (Å²) in [4.78, 5) is 22.6. The summed E-state index contributed by atoms with van der Waals surface area (Å²) in [7, 11) is 0. The molecule has 16 heavy (non-hydrogen) atoms. The fourth-order valence-corrected chi connectivity index (χ4v) is 1.11. The lowest BCUT2D eigenvalue weighted by molar-refractivity contribution is -0.128. The molecule has 0 unspecified atom stereocenters. The standard InChI is InChI=1S/C12H15N2O2/c1-12(2,11(13)16)14-10(15)8-9-6-4-3-5-7-9/h3-8H,1-2H3,(H2,13,16)(H,14,15). The van der Waals surface area contributed by atoms with Crippen LogP contribution < -0.4 is 11.1 Å². The zero-order valence-electron chi connectivity index (χ0n) is 9.36. The first-order valence-corrected chi connectivity index (χ1v) is 4.93. The molecule has 0 saturated carbocycles. The van der Waals surface area contributed by atoms with Crippen molar-refractivity contribution in [3.8, 4) is 0 Å². The third kappa shape index (κ3) is 3.38. The Hall–Kier alpha value is -1.84. The minimum atomic E-state index is -1.04. The van der Waals surface area contributed by atoms with Crippen LogP contribution in [-0.2, 0) is 9.59 Å². The number of benzene rings is 1. The molecule has 1 aromatic carbocycles. The lowest BCUT2D eigenvalue weighted by Gasteiger charge is -2.22. The molecule has 0 spiro atoms. The van der Waals surface area contributed by atoms with Crippen LogP contribution in [0.15, 0.2) is 30.3 Å². The molecule has 0 atom stereocenters. The molecule has 0 aliphatic heterocycles. The molecule has 1 rings (SSSR count). The molecule has 2 amide bonds. The first-order chi connectivity index (χ1) is 7.42. The van der Waals surface area contributed by atoms with Crippen molar-refractivity contribution >= 4 is 11.8 Å². The Balaban J connectivity index is 2.58. The average molecular weight is 219 g/mol. The highest BCUT2D eigenvalue weighted by Crippen LogP contribution is 2.05. The zero-order chi connectivity index (χ0) is 12.2. The number of carbonyl (C=O) groups is 2. The Morgan fingerprint density at radius 3 is 2.31 bits per heavy atom. The number of nitrogens with one attached hydrogen (secondary N) is 1. The summed E-state index contributed by atoms with van der Waals surface area (Å²) in [6.45, 7) is 3.12. The molecule has 1 aromatic rings. The molecule has 0 aliphatic carbocycles. The van der Waals surface area contributed by atoms with Gasteiger partial charge in [0, 0.05) is 0 Å². The zero-order valence-corrected chi connectivity index (χ0v) is 9.36. The highest BCUT2D eigenvalue weighted by molar-refractivity contribution is 5.94. The Morgan fingerprint density at radius 1 is 1.25 bits per heavy atom. The molecule has 85 valence electrons. The summed E-state index contributed by atoms with van der Waals surface area (Å²) in [5, 5.41) is 2.54. The van der Waals surface area contributed by atoms with Gasteiger partial charge < -0.3 is 11.1 Å². The third-order valence-electron chi connectivity index (χ3n) is 2.15. The van der Waals surface area contributed by atoms with Crippen molar-refractivity contribution in [2.75, 3.05) is 0 Å². The quantitative estimate of drug-likeness (QED) is 0.779. The molecule has 0 fully saturated rings. The summed E-state index contributed by atoms with van der Waals surface area (Å²) in [6, 6.07) is 9.13. The van der Waals surface area contributed by atoms with E-state index in [0.717, 1.165) is 5.56 Å². The number of hydrogen-bond acceptors (Lipinski definition) is 2. The van der Waals surface area contributed by atoms with E-state index in [4.69, 9.17) is 5.73 Å². The van der Waals surface area contributed by atoms with Crippen LogP contribution in [0.5, 0.6) is 0 Å². The Kier molecular flexibility index (Phi) is 3.66. The van der Waals surface area contributed by atoms with Crippen molar-refractivity contribution in [2.45, 2.75) is 19.4 Å². The number of primary amides is 1. The van der Waals surface area contributed by atoms with Gasteiger partial charge in [-0.1, -0.05) is 30.3 Å². The van der Waals surface area contributed by atoms with Gasteiger partial charge in [-0.25, -0.2) is 0 Å². The van der Waals surface area contributed by atoms with E-state index in [2.05, 4.69) is 5.32 Å². The minimum absolute atomic E-state index is 0.338. The molecular formula is C12H15N2O2. The van der Waals surface area contributed by atoms with Gasteiger partial charge in [0.2, 0.25) is 11.8 Å². The van der Waals surface area contributed by atoms with Crippen molar-refractivity contribution in [3.63, 3.8) is 0 Å². The second kappa shape index (κ2) is 4.79. The predicted molar refractivity (Wildman–Crippen MR) is 61.3 cm³/mol. The lowest BCUT2D eigenvalue weighted by atomic mass is 10.0. The van der Waals surface area contributed by atoms with Crippen LogP contribution >= 0.6 is 0 Å². The summed E-state index contributed by atoms with van der Waals surface area (Å²) in [5.41, 5.74) is 4.88. The van der Waals surface area contributed by atoms with E-state index in [-0.39, 0.29) is 5.91 Å². The predicted octanol–water partition coefficient (Wildman–Crippen LogP) is 0.619. The monoisotopic (exact) mass is 219 g/mol. The SMILES string of the molecule is CC(C)(NC(=O)[CH]c1ccccc1)C(N)=O. The highest BCUT2D eigenvalue weighted by atomic mass is 16.2. The van der Waals surface area contributed by atoms with E-state index in [9.17, 15) is 9.59 Å². The van der Waals surface area contributed by atoms with Crippen LogP contribution in [0.4, 0.5) is 0 Å². The molecule has 0 aromatic heterocycles. The van der Waals surface area contributed by atoms with Gasteiger partial charge in [-0.2, -0.15) is 0 Å². The van der Waals surface area contributed by atoms with E-state index < -0.39 is 11.4 Å².